The molecule has 0 aliphatic heterocycles. The van der Waals surface area contributed by atoms with E-state index in [9.17, 15) is 4.79 Å². The van der Waals surface area contributed by atoms with Crippen LogP contribution in [-0.4, -0.2) is 24.0 Å². The summed E-state index contributed by atoms with van der Waals surface area (Å²) >= 11 is 4.91. The third-order valence-corrected chi connectivity index (χ3v) is 3.41. The average Bonchev–Trinajstić information content (AvgIpc) is 2.63. The number of thioether (sulfide) groups is 1. The number of carbonyl (C=O) groups is 1. The molecule has 0 fully saturated rings. The Morgan fingerprint density at radius 1 is 1.73 bits per heavy atom. The van der Waals surface area contributed by atoms with Gasteiger partial charge in [-0.15, -0.1) is 0 Å². The monoisotopic (exact) mass is 291 g/mol. The van der Waals surface area contributed by atoms with Gasteiger partial charge in [0.15, 0.2) is 4.67 Å². The van der Waals surface area contributed by atoms with Crippen molar-refractivity contribution in [2.24, 2.45) is 0 Å². The van der Waals surface area contributed by atoms with E-state index in [1.165, 1.54) is 6.26 Å². The molecule has 0 aliphatic rings. The van der Waals surface area contributed by atoms with Crippen LogP contribution >= 0.6 is 27.7 Å². The van der Waals surface area contributed by atoms with Crippen LogP contribution < -0.4 is 5.32 Å². The summed E-state index contributed by atoms with van der Waals surface area (Å²) in [7, 11) is 0. The van der Waals surface area contributed by atoms with Crippen molar-refractivity contribution < 1.29 is 9.21 Å². The van der Waals surface area contributed by atoms with E-state index < -0.39 is 0 Å². The Bertz CT molecular complexity index is 327. The third kappa shape index (κ3) is 3.57. The summed E-state index contributed by atoms with van der Waals surface area (Å²) < 4.78 is 5.50. The van der Waals surface area contributed by atoms with Gasteiger partial charge >= 0.3 is 0 Å². The third-order valence-electron chi connectivity index (χ3n) is 2.06. The number of furan rings is 1. The van der Waals surface area contributed by atoms with Crippen molar-refractivity contribution in [1.29, 1.82) is 0 Å². The highest BCUT2D eigenvalue weighted by Gasteiger charge is 2.15. The van der Waals surface area contributed by atoms with Crippen molar-refractivity contribution in [1.82, 2.24) is 5.32 Å². The van der Waals surface area contributed by atoms with Crippen LogP contribution in [0.5, 0.6) is 0 Å². The van der Waals surface area contributed by atoms with Crippen molar-refractivity contribution in [3.8, 4) is 0 Å². The van der Waals surface area contributed by atoms with Crippen LogP contribution in [-0.2, 0) is 0 Å². The molecule has 0 aliphatic carbocycles. The fraction of sp³-hybridized carbons (Fsp3) is 0.500. The lowest BCUT2D eigenvalue weighted by Crippen LogP contribution is -2.36. The summed E-state index contributed by atoms with van der Waals surface area (Å²) in [5.41, 5.74) is 0.551. The molecule has 5 heteroatoms. The first-order valence-electron chi connectivity index (χ1n) is 4.71. The predicted molar refractivity (Wildman–Crippen MR) is 66.3 cm³/mol. The first-order chi connectivity index (χ1) is 7.19. The van der Waals surface area contributed by atoms with Gasteiger partial charge in [-0.05, 0) is 34.7 Å². The number of rotatable bonds is 5. The summed E-state index contributed by atoms with van der Waals surface area (Å²) in [5, 5.41) is 2.96. The van der Waals surface area contributed by atoms with Gasteiger partial charge < -0.3 is 9.73 Å². The summed E-state index contributed by atoms with van der Waals surface area (Å²) in [4.78, 5) is 11.8. The zero-order valence-electron chi connectivity index (χ0n) is 8.75. The second-order valence-corrected chi connectivity index (χ2v) is 4.77. The SMILES string of the molecule is CCC(CSC)NC(=O)c1ccoc1Br. The van der Waals surface area contributed by atoms with Crippen molar-refractivity contribution in [3.63, 3.8) is 0 Å². The summed E-state index contributed by atoms with van der Waals surface area (Å²) in [6.07, 6.45) is 4.46. The Morgan fingerprint density at radius 3 is 2.93 bits per heavy atom. The van der Waals surface area contributed by atoms with Crippen LogP contribution in [0, 0.1) is 0 Å². The molecule has 1 rings (SSSR count). The van der Waals surface area contributed by atoms with Gasteiger partial charge in [0, 0.05) is 11.8 Å². The molecule has 0 radical (unpaired) electrons. The molecule has 0 saturated heterocycles. The largest absolute Gasteiger partial charge is 0.457 e. The molecule has 15 heavy (non-hydrogen) atoms. The van der Waals surface area contributed by atoms with Gasteiger partial charge in [-0.3, -0.25) is 4.79 Å². The minimum absolute atomic E-state index is 0.0866. The Balaban J connectivity index is 2.58. The lowest BCUT2D eigenvalue weighted by atomic mass is 10.2. The highest BCUT2D eigenvalue weighted by molar-refractivity contribution is 9.10. The molecule has 1 amide bonds. The molecular formula is C10H14BrNO2S. The van der Waals surface area contributed by atoms with E-state index in [1.54, 1.807) is 17.8 Å². The molecule has 0 aromatic carbocycles. The Labute approximate surface area is 102 Å². The molecule has 1 unspecified atom stereocenters. The van der Waals surface area contributed by atoms with Gasteiger partial charge in [0.2, 0.25) is 0 Å². The number of amides is 1. The number of halogens is 1. The maximum atomic E-state index is 11.8. The highest BCUT2D eigenvalue weighted by atomic mass is 79.9. The van der Waals surface area contributed by atoms with E-state index >= 15 is 0 Å². The minimum Gasteiger partial charge on any atom is -0.457 e. The van der Waals surface area contributed by atoms with Gasteiger partial charge in [0.1, 0.15) is 0 Å². The summed E-state index contributed by atoms with van der Waals surface area (Å²) in [6.45, 7) is 2.06. The second-order valence-electron chi connectivity index (χ2n) is 3.14. The quantitative estimate of drug-likeness (QED) is 0.907. The molecule has 1 atom stereocenters. The van der Waals surface area contributed by atoms with Crippen LogP contribution in [0.4, 0.5) is 0 Å². The summed E-state index contributed by atoms with van der Waals surface area (Å²) in [6, 6.07) is 1.87. The van der Waals surface area contributed by atoms with E-state index in [4.69, 9.17) is 4.42 Å². The van der Waals surface area contributed by atoms with Crippen molar-refractivity contribution in [3.05, 3.63) is 22.6 Å². The zero-order chi connectivity index (χ0) is 11.3. The van der Waals surface area contributed by atoms with E-state index in [0.29, 0.717) is 10.2 Å². The molecule has 0 spiro atoms. The Kier molecular flexibility index (Phi) is 5.25. The van der Waals surface area contributed by atoms with Crippen LogP contribution in [0.2, 0.25) is 0 Å². The number of hydrogen-bond acceptors (Lipinski definition) is 3. The predicted octanol–water partition coefficient (Wildman–Crippen LogP) is 2.91. The minimum atomic E-state index is -0.0866. The molecule has 1 aromatic heterocycles. The summed E-state index contributed by atoms with van der Waals surface area (Å²) in [5.74, 6) is 0.842. The highest BCUT2D eigenvalue weighted by Crippen LogP contribution is 2.17. The Hall–Kier alpha value is -0.420. The van der Waals surface area contributed by atoms with Gasteiger partial charge in [-0.25, -0.2) is 0 Å². The van der Waals surface area contributed by atoms with Crippen LogP contribution in [0.25, 0.3) is 0 Å². The number of hydrogen-bond donors (Lipinski definition) is 1. The second kappa shape index (κ2) is 6.23. The van der Waals surface area contributed by atoms with Crippen LogP contribution in [0.15, 0.2) is 21.4 Å². The van der Waals surface area contributed by atoms with E-state index in [0.717, 1.165) is 12.2 Å². The maximum Gasteiger partial charge on any atom is 0.256 e. The number of carbonyl (C=O) groups excluding carboxylic acids is 1. The topological polar surface area (TPSA) is 42.2 Å². The van der Waals surface area contributed by atoms with Gasteiger partial charge in [-0.1, -0.05) is 6.92 Å². The first-order valence-corrected chi connectivity index (χ1v) is 6.90. The first kappa shape index (κ1) is 12.6. The average molecular weight is 292 g/mol. The van der Waals surface area contributed by atoms with Gasteiger partial charge in [0.25, 0.3) is 5.91 Å². The van der Waals surface area contributed by atoms with Gasteiger partial charge in [-0.2, -0.15) is 11.8 Å². The molecular weight excluding hydrogens is 278 g/mol. The van der Waals surface area contributed by atoms with E-state index in [2.05, 4.69) is 28.2 Å². The molecule has 1 N–H and O–H groups in total. The molecule has 0 bridgehead atoms. The normalized spacial score (nSPS) is 12.5. The molecule has 1 aromatic rings. The van der Waals surface area contributed by atoms with Gasteiger partial charge in [0.05, 0.1) is 11.8 Å². The number of nitrogens with one attached hydrogen (secondary N) is 1. The molecule has 84 valence electrons. The van der Waals surface area contributed by atoms with Crippen molar-refractivity contribution in [2.75, 3.05) is 12.0 Å². The van der Waals surface area contributed by atoms with Crippen LogP contribution in [0.3, 0.4) is 0 Å². The maximum absolute atomic E-state index is 11.8. The molecule has 1 heterocycles. The molecule has 3 nitrogen and oxygen atoms in total. The lowest BCUT2D eigenvalue weighted by Gasteiger charge is -2.14. The van der Waals surface area contributed by atoms with E-state index in [-0.39, 0.29) is 11.9 Å². The standard InChI is InChI=1S/C10H14BrNO2S/c1-3-7(6-15-2)12-10(13)8-4-5-14-9(8)11/h4-5,7H,3,6H2,1-2H3,(H,12,13). The van der Waals surface area contributed by atoms with Crippen LogP contribution in [0.1, 0.15) is 23.7 Å². The van der Waals surface area contributed by atoms with Crippen molar-refractivity contribution in [2.45, 2.75) is 19.4 Å². The van der Waals surface area contributed by atoms with E-state index in [1.807, 2.05) is 6.26 Å². The lowest BCUT2D eigenvalue weighted by molar-refractivity contribution is 0.0938. The fourth-order valence-corrected chi connectivity index (χ4v) is 2.32. The Morgan fingerprint density at radius 2 is 2.47 bits per heavy atom. The molecule has 0 saturated carbocycles. The fourth-order valence-electron chi connectivity index (χ4n) is 1.18. The zero-order valence-corrected chi connectivity index (χ0v) is 11.2. The smallest absolute Gasteiger partial charge is 0.256 e. The van der Waals surface area contributed by atoms with Crippen molar-refractivity contribution >= 4 is 33.6 Å².